The van der Waals surface area contributed by atoms with Crippen LogP contribution < -0.4 is 0 Å². The maximum atomic E-state index is 11.5. The van der Waals surface area contributed by atoms with Gasteiger partial charge in [-0.25, -0.2) is 0 Å². The van der Waals surface area contributed by atoms with Gasteiger partial charge in [-0.2, -0.15) is 0 Å². The number of likely N-dealkylation sites (N-methyl/N-ethyl adjacent to an activating group) is 1. The van der Waals surface area contributed by atoms with Crippen LogP contribution in [-0.2, 0) is 11.2 Å². The molecule has 0 saturated heterocycles. The van der Waals surface area contributed by atoms with Crippen molar-refractivity contribution in [3.05, 3.63) is 34.9 Å². The average Bonchev–Trinajstić information content (AvgIpc) is 2.07. The van der Waals surface area contributed by atoms with Crippen molar-refractivity contribution in [1.82, 2.24) is 4.90 Å². The van der Waals surface area contributed by atoms with Crippen LogP contribution in [-0.4, -0.2) is 31.3 Å². The number of Topliss-reactive ketones (excluding diaryl/α,β-unsaturated/α-hetero) is 1. The van der Waals surface area contributed by atoms with Crippen LogP contribution >= 0.6 is 11.6 Å². The Hall–Kier alpha value is -0.860. The average molecular weight is 212 g/mol. The molecule has 0 radical (unpaired) electrons. The Bertz CT molecular complexity index is 323. The fourth-order valence-corrected chi connectivity index (χ4v) is 1.47. The summed E-state index contributed by atoms with van der Waals surface area (Å²) < 4.78 is 0. The van der Waals surface area contributed by atoms with E-state index in [0.29, 0.717) is 18.0 Å². The molecule has 0 aliphatic carbocycles. The summed E-state index contributed by atoms with van der Waals surface area (Å²) in [6.45, 7) is 0.464. The van der Waals surface area contributed by atoms with Gasteiger partial charge < -0.3 is 4.90 Å². The predicted octanol–water partition coefficient (Wildman–Crippen LogP) is 2.01. The summed E-state index contributed by atoms with van der Waals surface area (Å²) in [5.41, 5.74) is 0.904. The number of ketones is 1. The molecule has 0 unspecified atom stereocenters. The molecule has 3 heteroatoms. The third-order valence-corrected chi connectivity index (χ3v) is 2.21. The third-order valence-electron chi connectivity index (χ3n) is 1.84. The molecule has 0 bridgehead atoms. The molecular weight excluding hydrogens is 198 g/mol. The van der Waals surface area contributed by atoms with Gasteiger partial charge in [0.25, 0.3) is 0 Å². The highest BCUT2D eigenvalue weighted by molar-refractivity contribution is 6.31. The Kier molecular flexibility index (Phi) is 4.11. The minimum absolute atomic E-state index is 0.183. The van der Waals surface area contributed by atoms with Crippen LogP contribution in [0.1, 0.15) is 5.56 Å². The second kappa shape index (κ2) is 5.13. The van der Waals surface area contributed by atoms with Crippen LogP contribution in [0.3, 0.4) is 0 Å². The second-order valence-corrected chi connectivity index (χ2v) is 3.95. The fraction of sp³-hybridized carbons (Fsp3) is 0.364. The van der Waals surface area contributed by atoms with E-state index in [4.69, 9.17) is 11.6 Å². The number of rotatable bonds is 4. The first kappa shape index (κ1) is 11.2. The number of hydrogen-bond acceptors (Lipinski definition) is 2. The van der Waals surface area contributed by atoms with Crippen molar-refractivity contribution < 1.29 is 4.79 Å². The van der Waals surface area contributed by atoms with Crippen LogP contribution in [0.15, 0.2) is 24.3 Å². The fourth-order valence-electron chi connectivity index (χ4n) is 1.26. The molecule has 0 aliphatic rings. The number of halogens is 1. The van der Waals surface area contributed by atoms with E-state index >= 15 is 0 Å². The van der Waals surface area contributed by atoms with Crippen molar-refractivity contribution in [3.8, 4) is 0 Å². The minimum Gasteiger partial charge on any atom is -0.302 e. The van der Waals surface area contributed by atoms with Crippen molar-refractivity contribution in [3.63, 3.8) is 0 Å². The Balaban J connectivity index is 2.61. The van der Waals surface area contributed by atoms with Gasteiger partial charge >= 0.3 is 0 Å². The summed E-state index contributed by atoms with van der Waals surface area (Å²) in [5.74, 6) is 0.183. The molecule has 0 N–H and O–H groups in total. The highest BCUT2D eigenvalue weighted by atomic mass is 35.5. The molecule has 14 heavy (non-hydrogen) atoms. The molecule has 0 amide bonds. The molecule has 0 heterocycles. The molecule has 1 aromatic rings. The van der Waals surface area contributed by atoms with E-state index in [1.807, 2.05) is 37.2 Å². The monoisotopic (exact) mass is 211 g/mol. The molecule has 76 valence electrons. The zero-order chi connectivity index (χ0) is 10.6. The molecule has 2 nitrogen and oxygen atoms in total. The maximum absolute atomic E-state index is 11.5. The van der Waals surface area contributed by atoms with Gasteiger partial charge in [-0.05, 0) is 25.7 Å². The smallest absolute Gasteiger partial charge is 0.151 e. The standard InChI is InChI=1S/C11H14ClNO/c1-13(2)8-10(14)7-9-5-3-4-6-11(9)12/h3-6H,7-8H2,1-2H3. The largest absolute Gasteiger partial charge is 0.302 e. The number of benzene rings is 1. The van der Waals surface area contributed by atoms with Crippen molar-refractivity contribution in [2.75, 3.05) is 20.6 Å². The lowest BCUT2D eigenvalue weighted by molar-refractivity contribution is -0.119. The normalized spacial score (nSPS) is 10.6. The number of hydrogen-bond donors (Lipinski definition) is 0. The first-order valence-corrected chi connectivity index (χ1v) is 4.87. The van der Waals surface area contributed by atoms with Gasteiger partial charge in [0.05, 0.1) is 6.54 Å². The van der Waals surface area contributed by atoms with E-state index in [0.717, 1.165) is 5.56 Å². The van der Waals surface area contributed by atoms with Crippen LogP contribution in [0, 0.1) is 0 Å². The maximum Gasteiger partial charge on any atom is 0.151 e. The topological polar surface area (TPSA) is 20.3 Å². The van der Waals surface area contributed by atoms with E-state index in [9.17, 15) is 4.79 Å². The van der Waals surface area contributed by atoms with Gasteiger partial charge in [0.15, 0.2) is 5.78 Å². The SMILES string of the molecule is CN(C)CC(=O)Cc1ccccc1Cl. The molecule has 1 rings (SSSR count). The molecule has 0 atom stereocenters. The summed E-state index contributed by atoms with van der Waals surface area (Å²) in [6, 6.07) is 7.45. The van der Waals surface area contributed by atoms with Gasteiger partial charge in [0.2, 0.25) is 0 Å². The molecule has 0 saturated carbocycles. The first-order valence-electron chi connectivity index (χ1n) is 4.49. The van der Waals surface area contributed by atoms with Gasteiger partial charge in [0, 0.05) is 11.4 Å². The van der Waals surface area contributed by atoms with Gasteiger partial charge in [-0.1, -0.05) is 29.8 Å². The molecule has 0 aliphatic heterocycles. The highest BCUT2D eigenvalue weighted by Crippen LogP contribution is 2.15. The number of carbonyl (C=O) groups is 1. The van der Waals surface area contributed by atoms with Crippen LogP contribution in [0.5, 0.6) is 0 Å². The van der Waals surface area contributed by atoms with E-state index in [-0.39, 0.29) is 5.78 Å². The van der Waals surface area contributed by atoms with E-state index in [2.05, 4.69) is 0 Å². The zero-order valence-electron chi connectivity index (χ0n) is 8.46. The van der Waals surface area contributed by atoms with Crippen LogP contribution in [0.4, 0.5) is 0 Å². The van der Waals surface area contributed by atoms with Crippen LogP contribution in [0.25, 0.3) is 0 Å². The lowest BCUT2D eigenvalue weighted by Gasteiger charge is -2.08. The van der Waals surface area contributed by atoms with Crippen molar-refractivity contribution in [2.24, 2.45) is 0 Å². The van der Waals surface area contributed by atoms with E-state index in [1.54, 1.807) is 6.07 Å². The van der Waals surface area contributed by atoms with Crippen molar-refractivity contribution in [2.45, 2.75) is 6.42 Å². The van der Waals surface area contributed by atoms with E-state index in [1.165, 1.54) is 0 Å². The predicted molar refractivity (Wildman–Crippen MR) is 58.7 cm³/mol. The minimum atomic E-state index is 0.183. The molecule has 0 fully saturated rings. The Morgan fingerprint density at radius 3 is 2.57 bits per heavy atom. The summed E-state index contributed by atoms with van der Waals surface area (Å²) in [6.07, 6.45) is 0.415. The Morgan fingerprint density at radius 2 is 2.00 bits per heavy atom. The van der Waals surface area contributed by atoms with Crippen molar-refractivity contribution >= 4 is 17.4 Å². The molecular formula is C11H14ClNO. The molecule has 0 aromatic heterocycles. The Labute approximate surface area is 89.5 Å². The number of carbonyl (C=O) groups excluding carboxylic acids is 1. The van der Waals surface area contributed by atoms with Gasteiger partial charge in [-0.3, -0.25) is 4.79 Å². The lowest BCUT2D eigenvalue weighted by atomic mass is 10.1. The summed E-state index contributed by atoms with van der Waals surface area (Å²) in [5, 5.41) is 0.666. The van der Waals surface area contributed by atoms with Gasteiger partial charge in [0.1, 0.15) is 0 Å². The first-order chi connectivity index (χ1) is 6.59. The highest BCUT2D eigenvalue weighted by Gasteiger charge is 2.07. The summed E-state index contributed by atoms with van der Waals surface area (Å²) in [4.78, 5) is 13.3. The number of nitrogens with zero attached hydrogens (tertiary/aromatic N) is 1. The quantitative estimate of drug-likeness (QED) is 0.760. The lowest BCUT2D eigenvalue weighted by Crippen LogP contribution is -2.23. The summed E-state index contributed by atoms with van der Waals surface area (Å²) >= 11 is 5.94. The second-order valence-electron chi connectivity index (χ2n) is 3.54. The van der Waals surface area contributed by atoms with E-state index < -0.39 is 0 Å². The molecule has 0 spiro atoms. The Morgan fingerprint density at radius 1 is 1.36 bits per heavy atom. The summed E-state index contributed by atoms with van der Waals surface area (Å²) in [7, 11) is 3.76. The van der Waals surface area contributed by atoms with Crippen LogP contribution in [0.2, 0.25) is 5.02 Å². The van der Waals surface area contributed by atoms with Crippen molar-refractivity contribution in [1.29, 1.82) is 0 Å². The zero-order valence-corrected chi connectivity index (χ0v) is 9.21. The van der Waals surface area contributed by atoms with Gasteiger partial charge in [-0.15, -0.1) is 0 Å². The molecule has 1 aromatic carbocycles. The third kappa shape index (κ3) is 3.48.